The number of carbonyl (C=O) groups is 1. The van der Waals surface area contributed by atoms with Crippen LogP contribution in [0, 0.1) is 0 Å². The lowest BCUT2D eigenvalue weighted by Gasteiger charge is -2.13. The normalized spacial score (nSPS) is 11.3. The summed E-state index contributed by atoms with van der Waals surface area (Å²) in [6.45, 7) is -0.329. The van der Waals surface area contributed by atoms with E-state index < -0.39 is 17.6 Å². The first kappa shape index (κ1) is 16.8. The van der Waals surface area contributed by atoms with E-state index in [0.717, 1.165) is 6.07 Å². The standard InChI is InChI=1S/C18H13F3N2O2/c19-18(20,21)14-8-4-7-13-15(9-10-22-17(13)14)25-11-16(24)23-12-5-2-1-3-6-12/h1-10H,11H2,(H,23,24). The second-order valence-corrected chi connectivity index (χ2v) is 5.21. The van der Waals surface area contributed by atoms with E-state index >= 15 is 0 Å². The molecule has 0 saturated heterocycles. The third kappa shape index (κ3) is 3.88. The molecule has 0 atom stereocenters. The Morgan fingerprint density at radius 1 is 1.04 bits per heavy atom. The Labute approximate surface area is 141 Å². The van der Waals surface area contributed by atoms with E-state index in [9.17, 15) is 18.0 Å². The molecular weight excluding hydrogens is 333 g/mol. The van der Waals surface area contributed by atoms with Crippen LogP contribution in [0.3, 0.4) is 0 Å². The number of aromatic nitrogens is 1. The molecule has 0 spiro atoms. The maximum atomic E-state index is 13.1. The highest BCUT2D eigenvalue weighted by Gasteiger charge is 2.33. The van der Waals surface area contributed by atoms with Gasteiger partial charge in [-0.3, -0.25) is 9.78 Å². The van der Waals surface area contributed by atoms with Crippen molar-refractivity contribution in [2.75, 3.05) is 11.9 Å². The summed E-state index contributed by atoms with van der Waals surface area (Å²) in [4.78, 5) is 15.7. The van der Waals surface area contributed by atoms with Crippen molar-refractivity contribution in [1.82, 2.24) is 4.98 Å². The SMILES string of the molecule is O=C(COc1ccnc2c(C(F)(F)F)cccc12)Nc1ccccc1. The van der Waals surface area contributed by atoms with Gasteiger partial charge < -0.3 is 10.1 Å². The zero-order valence-electron chi connectivity index (χ0n) is 12.9. The van der Waals surface area contributed by atoms with Crippen LogP contribution in [0.2, 0.25) is 0 Å². The van der Waals surface area contributed by atoms with Crippen molar-refractivity contribution >= 4 is 22.5 Å². The van der Waals surface area contributed by atoms with Gasteiger partial charge in [0, 0.05) is 17.3 Å². The molecule has 1 aromatic heterocycles. The number of nitrogens with zero attached hydrogens (tertiary/aromatic N) is 1. The monoisotopic (exact) mass is 346 g/mol. The van der Waals surface area contributed by atoms with Crippen LogP contribution in [0.5, 0.6) is 5.75 Å². The maximum Gasteiger partial charge on any atom is 0.418 e. The van der Waals surface area contributed by atoms with Gasteiger partial charge in [0.2, 0.25) is 0 Å². The number of rotatable bonds is 4. The third-order valence-corrected chi connectivity index (χ3v) is 3.45. The molecule has 7 heteroatoms. The van der Waals surface area contributed by atoms with E-state index in [0.29, 0.717) is 5.69 Å². The van der Waals surface area contributed by atoms with E-state index in [1.165, 1.54) is 24.4 Å². The molecule has 2 aromatic carbocycles. The van der Waals surface area contributed by atoms with Gasteiger partial charge in [-0.05, 0) is 30.3 Å². The number of halogens is 3. The summed E-state index contributed by atoms with van der Waals surface area (Å²) in [5.74, 6) is -0.248. The Morgan fingerprint density at radius 3 is 2.52 bits per heavy atom. The van der Waals surface area contributed by atoms with Crippen LogP contribution in [0.15, 0.2) is 60.8 Å². The molecule has 25 heavy (non-hydrogen) atoms. The smallest absolute Gasteiger partial charge is 0.418 e. The predicted octanol–water partition coefficient (Wildman–Crippen LogP) is 4.27. The molecule has 128 valence electrons. The summed E-state index contributed by atoms with van der Waals surface area (Å²) in [6, 6.07) is 13.9. The first-order valence-electron chi connectivity index (χ1n) is 7.38. The molecule has 0 saturated carbocycles. The highest BCUT2D eigenvalue weighted by Crippen LogP contribution is 2.36. The number of anilines is 1. The van der Waals surface area contributed by atoms with Gasteiger partial charge in [0.25, 0.3) is 5.91 Å². The van der Waals surface area contributed by atoms with Crippen molar-refractivity contribution in [3.63, 3.8) is 0 Å². The maximum absolute atomic E-state index is 13.1. The number of carbonyl (C=O) groups excluding carboxylic acids is 1. The number of nitrogens with one attached hydrogen (secondary N) is 1. The zero-order valence-corrected chi connectivity index (χ0v) is 12.9. The number of benzene rings is 2. The van der Waals surface area contributed by atoms with Gasteiger partial charge in [0.1, 0.15) is 5.75 Å². The second-order valence-electron chi connectivity index (χ2n) is 5.21. The summed E-state index contributed by atoms with van der Waals surface area (Å²) < 4.78 is 44.6. The molecule has 3 rings (SSSR count). The quantitative estimate of drug-likeness (QED) is 0.767. The Kier molecular flexibility index (Phi) is 4.56. The van der Waals surface area contributed by atoms with Gasteiger partial charge in [-0.25, -0.2) is 0 Å². The molecule has 0 radical (unpaired) electrons. The van der Waals surface area contributed by atoms with Crippen molar-refractivity contribution in [1.29, 1.82) is 0 Å². The molecule has 0 fully saturated rings. The van der Waals surface area contributed by atoms with Crippen molar-refractivity contribution in [2.24, 2.45) is 0 Å². The fourth-order valence-corrected chi connectivity index (χ4v) is 2.37. The number of hydrogen-bond donors (Lipinski definition) is 1. The molecule has 1 heterocycles. The summed E-state index contributed by atoms with van der Waals surface area (Å²) in [5, 5.41) is 2.84. The van der Waals surface area contributed by atoms with E-state index in [1.54, 1.807) is 24.3 Å². The van der Waals surface area contributed by atoms with E-state index in [-0.39, 0.29) is 23.3 Å². The van der Waals surface area contributed by atoms with Crippen molar-refractivity contribution in [3.05, 3.63) is 66.4 Å². The highest BCUT2D eigenvalue weighted by atomic mass is 19.4. The summed E-state index contributed by atoms with van der Waals surface area (Å²) in [5.41, 5.74) is -0.449. The first-order chi connectivity index (χ1) is 11.9. The molecular formula is C18H13F3N2O2. The van der Waals surface area contributed by atoms with Gasteiger partial charge in [-0.1, -0.05) is 24.3 Å². The van der Waals surface area contributed by atoms with E-state index in [4.69, 9.17) is 4.74 Å². The van der Waals surface area contributed by atoms with Gasteiger partial charge in [0.05, 0.1) is 11.1 Å². The summed E-state index contributed by atoms with van der Waals surface area (Å²) >= 11 is 0. The number of ether oxygens (including phenoxy) is 1. The van der Waals surface area contributed by atoms with E-state index in [2.05, 4.69) is 10.3 Å². The second kappa shape index (κ2) is 6.80. The predicted molar refractivity (Wildman–Crippen MR) is 87.3 cm³/mol. The lowest BCUT2D eigenvalue weighted by molar-refractivity contribution is -0.136. The minimum atomic E-state index is -4.52. The molecule has 0 aliphatic heterocycles. The molecule has 1 amide bonds. The van der Waals surface area contributed by atoms with E-state index in [1.807, 2.05) is 6.07 Å². The lowest BCUT2D eigenvalue weighted by Crippen LogP contribution is -2.20. The van der Waals surface area contributed by atoms with Crippen molar-refractivity contribution < 1.29 is 22.7 Å². The average molecular weight is 346 g/mol. The fraction of sp³-hybridized carbons (Fsp3) is 0.111. The van der Waals surface area contributed by atoms with Crippen LogP contribution in [0.4, 0.5) is 18.9 Å². The number of amides is 1. The molecule has 4 nitrogen and oxygen atoms in total. The minimum absolute atomic E-state index is 0.166. The number of alkyl halides is 3. The Hall–Kier alpha value is -3.09. The number of pyridine rings is 1. The highest BCUT2D eigenvalue weighted by molar-refractivity contribution is 5.92. The van der Waals surface area contributed by atoms with Crippen molar-refractivity contribution in [3.8, 4) is 5.75 Å². The Balaban J connectivity index is 1.79. The molecule has 0 unspecified atom stereocenters. The van der Waals surface area contributed by atoms with Crippen LogP contribution in [-0.4, -0.2) is 17.5 Å². The summed E-state index contributed by atoms with van der Waals surface area (Å²) in [6.07, 6.45) is -3.29. The number of fused-ring (bicyclic) bond motifs is 1. The van der Waals surface area contributed by atoms with Crippen LogP contribution in [-0.2, 0) is 11.0 Å². The topological polar surface area (TPSA) is 51.2 Å². The molecule has 0 aliphatic carbocycles. The van der Waals surface area contributed by atoms with Crippen LogP contribution in [0.25, 0.3) is 10.9 Å². The molecule has 0 bridgehead atoms. The third-order valence-electron chi connectivity index (χ3n) is 3.45. The largest absolute Gasteiger partial charge is 0.483 e. The minimum Gasteiger partial charge on any atom is -0.483 e. The molecule has 1 N–H and O–H groups in total. The van der Waals surface area contributed by atoms with Crippen molar-refractivity contribution in [2.45, 2.75) is 6.18 Å². The number of para-hydroxylation sites is 2. The first-order valence-corrected chi connectivity index (χ1v) is 7.38. The van der Waals surface area contributed by atoms with Gasteiger partial charge in [-0.15, -0.1) is 0 Å². The Bertz CT molecular complexity index is 896. The molecule has 3 aromatic rings. The van der Waals surface area contributed by atoms with Gasteiger partial charge in [0.15, 0.2) is 6.61 Å². The zero-order chi connectivity index (χ0) is 17.9. The van der Waals surface area contributed by atoms with Gasteiger partial charge >= 0.3 is 6.18 Å². The molecule has 0 aliphatic rings. The van der Waals surface area contributed by atoms with Crippen LogP contribution < -0.4 is 10.1 Å². The lowest BCUT2D eigenvalue weighted by atomic mass is 10.1. The average Bonchev–Trinajstić information content (AvgIpc) is 2.59. The summed E-state index contributed by atoms with van der Waals surface area (Å²) in [7, 11) is 0. The fourth-order valence-electron chi connectivity index (χ4n) is 2.37. The Morgan fingerprint density at radius 2 is 1.80 bits per heavy atom. The van der Waals surface area contributed by atoms with Crippen LogP contribution >= 0.6 is 0 Å². The van der Waals surface area contributed by atoms with Crippen LogP contribution in [0.1, 0.15) is 5.56 Å². The van der Waals surface area contributed by atoms with Gasteiger partial charge in [-0.2, -0.15) is 13.2 Å². The number of hydrogen-bond acceptors (Lipinski definition) is 3.